The predicted molar refractivity (Wildman–Crippen MR) is 109 cm³/mol. The fraction of sp³-hybridized carbons (Fsp3) is 0.381. The summed E-state index contributed by atoms with van der Waals surface area (Å²) in [6.45, 7) is 8.07. The second-order valence-electron chi connectivity index (χ2n) is 7.82. The molecule has 8 heteroatoms. The molecule has 0 spiro atoms. The molecule has 1 aromatic carbocycles. The van der Waals surface area contributed by atoms with Crippen LogP contribution in [-0.2, 0) is 11.3 Å². The standard InChI is InChI=1S/C21H25N6O2/c1-12-7-8-13(2)16(9-12)11-26-19(28)17-18(25(6)21(26)29)22-20(24(17)5)27-15(4)10-14(3)23-27/h7-10,17H,11H2,1-6H3/q+1. The van der Waals surface area contributed by atoms with Gasteiger partial charge in [-0.1, -0.05) is 28.8 Å². The molecule has 0 aliphatic carbocycles. The highest BCUT2D eigenvalue weighted by atomic mass is 16.2. The van der Waals surface area contributed by atoms with E-state index in [4.69, 9.17) is 0 Å². The Kier molecular flexibility index (Phi) is 4.37. The van der Waals surface area contributed by atoms with E-state index in [1.54, 1.807) is 16.3 Å². The van der Waals surface area contributed by atoms with Crippen LogP contribution in [0.25, 0.3) is 0 Å². The molecule has 2 aliphatic heterocycles. The molecular formula is C21H25N6O2+. The smallest absolute Gasteiger partial charge is 0.270 e. The summed E-state index contributed by atoms with van der Waals surface area (Å²) in [5.41, 5.74) is 4.89. The van der Waals surface area contributed by atoms with Crippen molar-refractivity contribution in [1.29, 1.82) is 0 Å². The van der Waals surface area contributed by atoms with Crippen molar-refractivity contribution in [3.8, 4) is 0 Å². The molecule has 150 valence electrons. The molecule has 0 bridgehead atoms. The Balaban J connectivity index is 1.73. The van der Waals surface area contributed by atoms with Gasteiger partial charge in [0.1, 0.15) is 5.69 Å². The van der Waals surface area contributed by atoms with Crippen molar-refractivity contribution in [2.24, 2.45) is 4.99 Å². The van der Waals surface area contributed by atoms with Crippen LogP contribution in [-0.4, -0.2) is 68.0 Å². The number of benzene rings is 1. The molecule has 29 heavy (non-hydrogen) atoms. The van der Waals surface area contributed by atoms with Gasteiger partial charge >= 0.3 is 12.0 Å². The number of fused-ring (bicyclic) bond motifs is 1. The average Bonchev–Trinajstić information content (AvgIpc) is 3.18. The fourth-order valence-electron chi connectivity index (χ4n) is 3.90. The van der Waals surface area contributed by atoms with Gasteiger partial charge in [0.15, 0.2) is 0 Å². The van der Waals surface area contributed by atoms with E-state index < -0.39 is 6.04 Å². The Hall–Kier alpha value is -3.29. The lowest BCUT2D eigenvalue weighted by Crippen LogP contribution is -2.62. The molecule has 1 saturated heterocycles. The predicted octanol–water partition coefficient (Wildman–Crippen LogP) is 1.84. The maximum Gasteiger partial charge on any atom is 0.421 e. The van der Waals surface area contributed by atoms with Crippen LogP contribution >= 0.6 is 0 Å². The first-order valence-electron chi connectivity index (χ1n) is 9.56. The minimum atomic E-state index is -0.651. The third-order valence-electron chi connectivity index (χ3n) is 5.56. The van der Waals surface area contributed by atoms with Crippen molar-refractivity contribution in [2.75, 3.05) is 14.1 Å². The van der Waals surface area contributed by atoms with Gasteiger partial charge in [0.05, 0.1) is 19.3 Å². The summed E-state index contributed by atoms with van der Waals surface area (Å²) in [5.74, 6) is 0.700. The van der Waals surface area contributed by atoms with Crippen molar-refractivity contribution in [3.05, 3.63) is 52.3 Å². The zero-order chi connectivity index (χ0) is 21.0. The molecule has 2 aliphatic rings. The average molecular weight is 393 g/mol. The molecule has 2 aromatic rings. The third kappa shape index (κ3) is 2.95. The topological polar surface area (TPSA) is 73.8 Å². The van der Waals surface area contributed by atoms with Crippen molar-refractivity contribution < 1.29 is 14.2 Å². The first-order valence-corrected chi connectivity index (χ1v) is 9.56. The first kappa shape index (κ1) is 19.0. The molecule has 3 amide bonds. The van der Waals surface area contributed by atoms with Gasteiger partial charge in [-0.05, 0) is 44.9 Å². The van der Waals surface area contributed by atoms with Crippen LogP contribution in [0.1, 0.15) is 28.1 Å². The van der Waals surface area contributed by atoms with Gasteiger partial charge in [-0.2, -0.15) is 0 Å². The first-order chi connectivity index (χ1) is 13.7. The van der Waals surface area contributed by atoms with Gasteiger partial charge in [0.2, 0.25) is 11.9 Å². The van der Waals surface area contributed by atoms with E-state index in [-0.39, 0.29) is 18.5 Å². The Morgan fingerprint density at radius 3 is 2.48 bits per heavy atom. The summed E-state index contributed by atoms with van der Waals surface area (Å²) in [5, 5.41) is 4.48. The largest absolute Gasteiger partial charge is 0.421 e. The van der Waals surface area contributed by atoms with E-state index >= 15 is 0 Å². The number of aliphatic imine (C=N–C) groups is 1. The van der Waals surface area contributed by atoms with Gasteiger partial charge in [-0.15, -0.1) is 9.78 Å². The van der Waals surface area contributed by atoms with Gasteiger partial charge in [0.25, 0.3) is 5.91 Å². The van der Waals surface area contributed by atoms with Gasteiger partial charge in [0, 0.05) is 7.05 Å². The van der Waals surface area contributed by atoms with Crippen LogP contribution < -0.4 is 0 Å². The highest BCUT2D eigenvalue weighted by Crippen LogP contribution is 2.23. The third-order valence-corrected chi connectivity index (χ3v) is 5.56. The maximum atomic E-state index is 13.4. The van der Waals surface area contributed by atoms with Crippen molar-refractivity contribution in [1.82, 2.24) is 19.6 Å². The van der Waals surface area contributed by atoms with E-state index in [9.17, 15) is 9.59 Å². The summed E-state index contributed by atoms with van der Waals surface area (Å²) in [7, 11) is 3.47. The Labute approximate surface area is 169 Å². The number of aromatic nitrogens is 2. The van der Waals surface area contributed by atoms with Crippen LogP contribution in [0.4, 0.5) is 4.79 Å². The molecule has 0 radical (unpaired) electrons. The number of amides is 3. The van der Waals surface area contributed by atoms with Crippen LogP contribution in [0, 0.1) is 27.7 Å². The number of urea groups is 1. The summed E-state index contributed by atoms with van der Waals surface area (Å²) in [4.78, 5) is 33.7. The number of likely N-dealkylation sites (N-methyl/N-ethyl adjacent to an activating group) is 2. The number of aryl methyl sites for hydroxylation is 4. The Morgan fingerprint density at radius 2 is 1.83 bits per heavy atom. The van der Waals surface area contributed by atoms with Crippen LogP contribution in [0.2, 0.25) is 0 Å². The molecule has 8 nitrogen and oxygen atoms in total. The lowest BCUT2D eigenvalue weighted by Gasteiger charge is -2.34. The molecule has 4 rings (SSSR count). The molecule has 1 atom stereocenters. The van der Waals surface area contributed by atoms with Crippen molar-refractivity contribution in [3.63, 3.8) is 0 Å². The van der Waals surface area contributed by atoms with E-state index in [1.807, 2.05) is 59.0 Å². The summed E-state index contributed by atoms with van der Waals surface area (Å²) in [6, 6.07) is 6.99. The molecule has 3 heterocycles. The molecule has 1 fully saturated rings. The maximum absolute atomic E-state index is 13.4. The monoisotopic (exact) mass is 393 g/mol. The number of carbonyl (C=O) groups excluding carboxylic acids is 2. The second-order valence-corrected chi connectivity index (χ2v) is 7.82. The molecule has 1 unspecified atom stereocenters. The fourth-order valence-corrected chi connectivity index (χ4v) is 3.90. The Morgan fingerprint density at radius 1 is 1.10 bits per heavy atom. The molecular weight excluding hydrogens is 368 g/mol. The number of rotatable bonds is 2. The van der Waals surface area contributed by atoms with E-state index in [2.05, 4.69) is 10.1 Å². The normalized spacial score (nSPS) is 19.2. The van der Waals surface area contributed by atoms with E-state index in [0.29, 0.717) is 11.8 Å². The second kappa shape index (κ2) is 6.65. The number of imide groups is 1. The van der Waals surface area contributed by atoms with E-state index in [0.717, 1.165) is 28.1 Å². The number of carbonyl (C=O) groups is 2. The zero-order valence-electron chi connectivity index (χ0n) is 17.6. The lowest BCUT2D eigenvalue weighted by atomic mass is 10.0. The minimum Gasteiger partial charge on any atom is -0.270 e. The minimum absolute atomic E-state index is 0.238. The highest BCUT2D eigenvalue weighted by molar-refractivity contribution is 6.22. The summed E-state index contributed by atoms with van der Waals surface area (Å²) >= 11 is 0. The van der Waals surface area contributed by atoms with Crippen molar-refractivity contribution >= 4 is 23.7 Å². The summed E-state index contributed by atoms with van der Waals surface area (Å²) in [6.07, 6.45) is 0. The zero-order valence-corrected chi connectivity index (χ0v) is 17.6. The van der Waals surface area contributed by atoms with Gasteiger partial charge in [-0.25, -0.2) is 9.37 Å². The molecule has 1 aromatic heterocycles. The molecule has 0 N–H and O–H groups in total. The Bertz CT molecular complexity index is 1110. The highest BCUT2D eigenvalue weighted by Gasteiger charge is 2.52. The lowest BCUT2D eigenvalue weighted by molar-refractivity contribution is -0.507. The van der Waals surface area contributed by atoms with Gasteiger partial charge in [-0.3, -0.25) is 14.6 Å². The van der Waals surface area contributed by atoms with E-state index in [1.165, 1.54) is 9.80 Å². The van der Waals surface area contributed by atoms with Crippen LogP contribution in [0.5, 0.6) is 0 Å². The van der Waals surface area contributed by atoms with Crippen molar-refractivity contribution in [2.45, 2.75) is 40.3 Å². The molecule has 0 saturated carbocycles. The number of hydrogen-bond donors (Lipinski definition) is 0. The number of nitrogens with zero attached hydrogens (tertiary/aromatic N) is 6. The van der Waals surface area contributed by atoms with Crippen LogP contribution in [0.3, 0.4) is 0 Å². The summed E-state index contributed by atoms with van der Waals surface area (Å²) < 4.78 is 3.50. The SMILES string of the molecule is Cc1ccc(C)c(CN2C(=O)C3C(=NC(n4nc(C)cc4C)=[N+]3C)N(C)C2=O)c1. The number of hydrogen-bond acceptors (Lipinski definition) is 4. The number of amidine groups is 1. The van der Waals surface area contributed by atoms with Crippen LogP contribution in [0.15, 0.2) is 29.3 Å². The quantitative estimate of drug-likeness (QED) is 0.731. The van der Waals surface area contributed by atoms with Gasteiger partial charge < -0.3 is 0 Å².